The molecule has 0 radical (unpaired) electrons. The number of nitrogens with zero attached hydrogens (tertiary/aromatic N) is 2. The third kappa shape index (κ3) is 3.30. The fourth-order valence-electron chi connectivity index (χ4n) is 2.66. The summed E-state index contributed by atoms with van der Waals surface area (Å²) in [5.74, 6) is 0. The van der Waals surface area contributed by atoms with E-state index in [0.717, 1.165) is 18.7 Å². The summed E-state index contributed by atoms with van der Waals surface area (Å²) in [6, 6.07) is 7.56. The van der Waals surface area contributed by atoms with Gasteiger partial charge in [0.15, 0.2) is 0 Å². The van der Waals surface area contributed by atoms with E-state index in [1.54, 1.807) is 12.1 Å². The lowest BCUT2D eigenvalue weighted by Crippen LogP contribution is -2.36. The van der Waals surface area contributed by atoms with E-state index in [4.69, 9.17) is 0 Å². The van der Waals surface area contributed by atoms with Crippen LogP contribution in [0.4, 0.5) is 5.69 Å². The number of nitro groups is 1. The average molecular weight is 263 g/mol. The van der Waals surface area contributed by atoms with E-state index >= 15 is 0 Å². The fraction of sp³-hybridized carbons (Fsp3) is 0.571. The summed E-state index contributed by atoms with van der Waals surface area (Å²) < 4.78 is 0. The second-order valence-corrected chi connectivity index (χ2v) is 5.22. The highest BCUT2D eigenvalue weighted by molar-refractivity contribution is 5.41. The van der Waals surface area contributed by atoms with Crippen molar-refractivity contribution in [2.45, 2.75) is 31.8 Å². The molecule has 1 saturated heterocycles. The smallest absolute Gasteiger partial charge is 0.274 e. The minimum absolute atomic E-state index is 0.0454. The van der Waals surface area contributed by atoms with Gasteiger partial charge in [-0.1, -0.05) is 18.2 Å². The Morgan fingerprint density at radius 3 is 2.89 bits per heavy atom. The zero-order chi connectivity index (χ0) is 13.8. The Labute approximate surface area is 113 Å². The molecule has 1 aromatic rings. The van der Waals surface area contributed by atoms with Crippen LogP contribution in [0.1, 0.15) is 31.4 Å². The van der Waals surface area contributed by atoms with Gasteiger partial charge in [0.05, 0.1) is 4.92 Å². The summed E-state index contributed by atoms with van der Waals surface area (Å²) >= 11 is 0. The highest BCUT2D eigenvalue weighted by Crippen LogP contribution is 2.28. The summed E-state index contributed by atoms with van der Waals surface area (Å²) in [6.07, 6.45) is 2.41. The fourth-order valence-corrected chi connectivity index (χ4v) is 2.66. The van der Waals surface area contributed by atoms with E-state index < -0.39 is 0 Å². The third-order valence-corrected chi connectivity index (χ3v) is 3.92. The molecule has 1 heterocycles. The number of para-hydroxylation sites is 1. The Balaban J connectivity index is 2.09. The van der Waals surface area contributed by atoms with Crippen LogP contribution < -0.4 is 5.32 Å². The topological polar surface area (TPSA) is 58.4 Å². The molecule has 2 rings (SSSR count). The molecule has 0 aliphatic carbocycles. The van der Waals surface area contributed by atoms with Gasteiger partial charge in [0, 0.05) is 30.3 Å². The van der Waals surface area contributed by atoms with E-state index in [1.807, 2.05) is 26.1 Å². The number of nitro benzene ring substituents is 1. The van der Waals surface area contributed by atoms with Gasteiger partial charge in [-0.2, -0.15) is 0 Å². The molecule has 2 atom stereocenters. The lowest BCUT2D eigenvalue weighted by Gasteiger charge is -2.27. The Bertz CT molecular complexity index is 444. The van der Waals surface area contributed by atoms with Gasteiger partial charge in [-0.3, -0.25) is 15.0 Å². The lowest BCUT2D eigenvalue weighted by atomic mass is 10.0. The maximum atomic E-state index is 11.1. The van der Waals surface area contributed by atoms with Gasteiger partial charge in [-0.05, 0) is 33.4 Å². The van der Waals surface area contributed by atoms with Crippen LogP contribution in [0, 0.1) is 10.1 Å². The van der Waals surface area contributed by atoms with E-state index in [0.29, 0.717) is 6.04 Å². The molecule has 0 saturated carbocycles. The lowest BCUT2D eigenvalue weighted by molar-refractivity contribution is -0.385. The predicted molar refractivity (Wildman–Crippen MR) is 75.2 cm³/mol. The first-order valence-corrected chi connectivity index (χ1v) is 6.76. The van der Waals surface area contributed by atoms with Crippen molar-refractivity contribution in [3.8, 4) is 0 Å². The van der Waals surface area contributed by atoms with Crippen molar-refractivity contribution in [3.05, 3.63) is 39.9 Å². The molecule has 1 fully saturated rings. The number of rotatable bonds is 5. The molecule has 1 aromatic carbocycles. The Morgan fingerprint density at radius 1 is 1.53 bits per heavy atom. The van der Waals surface area contributed by atoms with Crippen molar-refractivity contribution in [3.63, 3.8) is 0 Å². The number of benzene rings is 1. The Morgan fingerprint density at radius 2 is 2.26 bits per heavy atom. The molecule has 0 amide bonds. The molecule has 1 N–H and O–H groups in total. The minimum atomic E-state index is -0.298. The van der Waals surface area contributed by atoms with Gasteiger partial charge in [0.2, 0.25) is 0 Å². The number of hydrogen-bond donors (Lipinski definition) is 1. The van der Waals surface area contributed by atoms with Crippen LogP contribution in [0.2, 0.25) is 0 Å². The molecular weight excluding hydrogens is 242 g/mol. The zero-order valence-corrected chi connectivity index (χ0v) is 11.5. The van der Waals surface area contributed by atoms with Gasteiger partial charge in [-0.25, -0.2) is 0 Å². The largest absolute Gasteiger partial charge is 0.313 e. The molecule has 19 heavy (non-hydrogen) atoms. The maximum Gasteiger partial charge on any atom is 0.274 e. The molecule has 104 valence electrons. The first-order chi connectivity index (χ1) is 9.09. The van der Waals surface area contributed by atoms with E-state index in [1.165, 1.54) is 12.8 Å². The monoisotopic (exact) mass is 263 g/mol. The van der Waals surface area contributed by atoms with Crippen molar-refractivity contribution in [1.29, 1.82) is 0 Å². The summed E-state index contributed by atoms with van der Waals surface area (Å²) in [5, 5.41) is 14.5. The quantitative estimate of drug-likeness (QED) is 0.654. The van der Waals surface area contributed by atoms with Crippen molar-refractivity contribution in [1.82, 2.24) is 10.2 Å². The van der Waals surface area contributed by atoms with Crippen LogP contribution in [-0.4, -0.2) is 36.0 Å². The van der Waals surface area contributed by atoms with E-state index in [2.05, 4.69) is 10.2 Å². The van der Waals surface area contributed by atoms with Crippen LogP contribution in [0.15, 0.2) is 24.3 Å². The van der Waals surface area contributed by atoms with Crippen molar-refractivity contribution in [2.24, 2.45) is 0 Å². The standard InChI is InChI=1S/C14H21N3O2/c1-11(16(2)10-12-6-5-9-15-12)13-7-3-4-8-14(13)17(18)19/h3-4,7-8,11-12,15H,5-6,9-10H2,1-2H3. The second kappa shape index (κ2) is 6.12. The average Bonchev–Trinajstić information content (AvgIpc) is 2.90. The molecule has 5 nitrogen and oxygen atoms in total. The minimum Gasteiger partial charge on any atom is -0.313 e. The molecule has 1 aliphatic heterocycles. The van der Waals surface area contributed by atoms with Crippen LogP contribution in [0.5, 0.6) is 0 Å². The SMILES string of the molecule is CC(c1ccccc1[N+](=O)[O-])N(C)CC1CCCN1. The number of nitrogens with one attached hydrogen (secondary N) is 1. The molecule has 5 heteroatoms. The van der Waals surface area contributed by atoms with E-state index in [-0.39, 0.29) is 16.7 Å². The van der Waals surface area contributed by atoms with Crippen LogP contribution in [0.25, 0.3) is 0 Å². The van der Waals surface area contributed by atoms with Crippen LogP contribution in [0.3, 0.4) is 0 Å². The van der Waals surface area contributed by atoms with Gasteiger partial charge in [0.1, 0.15) is 0 Å². The highest BCUT2D eigenvalue weighted by Gasteiger charge is 2.24. The normalized spacial score (nSPS) is 20.7. The van der Waals surface area contributed by atoms with Gasteiger partial charge in [-0.15, -0.1) is 0 Å². The van der Waals surface area contributed by atoms with Crippen molar-refractivity contribution in [2.75, 3.05) is 20.1 Å². The predicted octanol–water partition coefficient (Wildman–Crippen LogP) is 2.34. The molecule has 0 spiro atoms. The summed E-state index contributed by atoms with van der Waals surface area (Å²) in [5.41, 5.74) is 0.995. The molecular formula is C14H21N3O2. The van der Waals surface area contributed by atoms with Crippen molar-refractivity contribution < 1.29 is 4.92 Å². The second-order valence-electron chi connectivity index (χ2n) is 5.22. The van der Waals surface area contributed by atoms with E-state index in [9.17, 15) is 10.1 Å². The Hall–Kier alpha value is -1.46. The van der Waals surface area contributed by atoms with Crippen molar-refractivity contribution >= 4 is 5.69 Å². The zero-order valence-electron chi connectivity index (χ0n) is 11.5. The van der Waals surface area contributed by atoms with Gasteiger partial charge >= 0.3 is 0 Å². The van der Waals surface area contributed by atoms with Crippen LogP contribution in [-0.2, 0) is 0 Å². The summed E-state index contributed by atoms with van der Waals surface area (Å²) in [7, 11) is 2.03. The summed E-state index contributed by atoms with van der Waals surface area (Å²) in [4.78, 5) is 13.0. The molecule has 1 aliphatic rings. The summed E-state index contributed by atoms with van der Waals surface area (Å²) in [6.45, 7) is 4.03. The molecule has 0 aromatic heterocycles. The number of hydrogen-bond acceptors (Lipinski definition) is 4. The molecule has 0 bridgehead atoms. The first kappa shape index (κ1) is 14.0. The first-order valence-electron chi connectivity index (χ1n) is 6.76. The molecule has 2 unspecified atom stereocenters. The van der Waals surface area contributed by atoms with Gasteiger partial charge in [0.25, 0.3) is 5.69 Å². The number of likely N-dealkylation sites (N-methyl/N-ethyl adjacent to an activating group) is 1. The highest BCUT2D eigenvalue weighted by atomic mass is 16.6. The van der Waals surface area contributed by atoms with Crippen LogP contribution >= 0.6 is 0 Å². The Kier molecular flexibility index (Phi) is 4.50. The maximum absolute atomic E-state index is 11.1. The third-order valence-electron chi connectivity index (χ3n) is 3.92. The van der Waals surface area contributed by atoms with Gasteiger partial charge < -0.3 is 5.32 Å².